The first-order valence-corrected chi connectivity index (χ1v) is 11.4. The molecule has 186 valence electrons. The first-order valence-electron chi connectivity index (χ1n) is 11.4. The van der Waals surface area contributed by atoms with Crippen LogP contribution in [-0.2, 0) is 13.7 Å². The highest BCUT2D eigenvalue weighted by Crippen LogP contribution is 2.29. The van der Waals surface area contributed by atoms with Crippen LogP contribution in [0.1, 0.15) is 36.5 Å². The van der Waals surface area contributed by atoms with E-state index in [1.165, 1.54) is 18.5 Å². The van der Waals surface area contributed by atoms with Gasteiger partial charge in [0.1, 0.15) is 53.5 Å². The van der Waals surface area contributed by atoms with Gasteiger partial charge in [0.15, 0.2) is 0 Å². The van der Waals surface area contributed by atoms with Gasteiger partial charge < -0.3 is 25.1 Å². The molecule has 0 unspecified atom stereocenters. The van der Waals surface area contributed by atoms with Crippen LogP contribution in [0.3, 0.4) is 0 Å². The van der Waals surface area contributed by atoms with Crippen LogP contribution in [-0.4, -0.2) is 31.3 Å². The quantitative estimate of drug-likeness (QED) is 0.287. The minimum absolute atomic E-state index is 0.106. The molecule has 0 atom stereocenters. The number of aryl methyl sites for hydroxylation is 1. The summed E-state index contributed by atoms with van der Waals surface area (Å²) in [6.45, 7) is 6.09. The standard InChI is InChI=1S/C26H28FN7O2/c1-15(2)33-26-23(25(29)31-14-32-26)24(28)17-5-7-20(8-6-17)36-22-10-18(27)9-21(11-22)35-13-19-12-30-16(3)34(19)4/h5-12,14-15,28H,13H2,1-4H3,(H3,29,31,32,33). The second-order valence-electron chi connectivity index (χ2n) is 8.55. The molecule has 0 radical (unpaired) electrons. The average Bonchev–Trinajstić information content (AvgIpc) is 3.14. The van der Waals surface area contributed by atoms with Crippen LogP contribution >= 0.6 is 0 Å². The number of hydrogen-bond acceptors (Lipinski definition) is 8. The Bertz CT molecular complexity index is 1380. The van der Waals surface area contributed by atoms with Gasteiger partial charge in [-0.05, 0) is 45.0 Å². The minimum atomic E-state index is -0.480. The molecule has 2 aromatic carbocycles. The third kappa shape index (κ3) is 5.60. The van der Waals surface area contributed by atoms with Crippen molar-refractivity contribution in [1.29, 1.82) is 5.41 Å². The lowest BCUT2D eigenvalue weighted by Crippen LogP contribution is -2.17. The summed E-state index contributed by atoms with van der Waals surface area (Å²) in [6, 6.07) is 11.2. The topological polar surface area (TPSA) is 124 Å². The largest absolute Gasteiger partial charge is 0.487 e. The maximum Gasteiger partial charge on any atom is 0.141 e. The van der Waals surface area contributed by atoms with Gasteiger partial charge >= 0.3 is 0 Å². The molecule has 36 heavy (non-hydrogen) atoms. The number of aromatic nitrogens is 4. The van der Waals surface area contributed by atoms with Crippen LogP contribution in [0.2, 0.25) is 0 Å². The number of hydrogen-bond donors (Lipinski definition) is 3. The van der Waals surface area contributed by atoms with Crippen molar-refractivity contribution in [2.45, 2.75) is 33.4 Å². The van der Waals surface area contributed by atoms with Crippen molar-refractivity contribution in [3.63, 3.8) is 0 Å². The van der Waals surface area contributed by atoms with Crippen molar-refractivity contribution < 1.29 is 13.9 Å². The van der Waals surface area contributed by atoms with Crippen molar-refractivity contribution in [1.82, 2.24) is 19.5 Å². The number of imidazole rings is 1. The van der Waals surface area contributed by atoms with E-state index in [2.05, 4.69) is 20.3 Å². The predicted molar refractivity (Wildman–Crippen MR) is 136 cm³/mol. The third-order valence-corrected chi connectivity index (χ3v) is 5.48. The molecule has 0 bridgehead atoms. The van der Waals surface area contributed by atoms with Crippen molar-refractivity contribution >= 4 is 17.3 Å². The molecule has 4 N–H and O–H groups in total. The molecule has 9 nitrogen and oxygen atoms in total. The highest BCUT2D eigenvalue weighted by molar-refractivity contribution is 6.16. The second-order valence-corrected chi connectivity index (χ2v) is 8.55. The third-order valence-electron chi connectivity index (χ3n) is 5.48. The second kappa shape index (κ2) is 10.4. The summed E-state index contributed by atoms with van der Waals surface area (Å²) in [7, 11) is 1.89. The molecule has 0 spiro atoms. The van der Waals surface area contributed by atoms with Gasteiger partial charge in [-0.15, -0.1) is 0 Å². The minimum Gasteiger partial charge on any atom is -0.487 e. The molecule has 0 aliphatic heterocycles. The number of nitrogen functional groups attached to an aromatic ring is 1. The van der Waals surface area contributed by atoms with Gasteiger partial charge in [0.25, 0.3) is 0 Å². The Morgan fingerprint density at radius 3 is 2.47 bits per heavy atom. The van der Waals surface area contributed by atoms with Gasteiger partial charge in [-0.25, -0.2) is 19.3 Å². The van der Waals surface area contributed by atoms with Crippen LogP contribution in [0.4, 0.5) is 16.0 Å². The van der Waals surface area contributed by atoms with Gasteiger partial charge in [0.2, 0.25) is 0 Å². The Labute approximate surface area is 208 Å². The normalized spacial score (nSPS) is 10.9. The predicted octanol–water partition coefficient (Wildman–Crippen LogP) is 4.85. The highest BCUT2D eigenvalue weighted by Gasteiger charge is 2.17. The molecule has 2 aromatic heterocycles. The maximum atomic E-state index is 14.2. The molecule has 2 heterocycles. The zero-order valence-electron chi connectivity index (χ0n) is 20.5. The monoisotopic (exact) mass is 489 g/mol. The Balaban J connectivity index is 1.48. The zero-order chi connectivity index (χ0) is 25.8. The number of ether oxygens (including phenoxy) is 2. The molecule has 0 saturated carbocycles. The Hall–Kier alpha value is -4.47. The van der Waals surface area contributed by atoms with Crippen LogP contribution in [0.5, 0.6) is 17.2 Å². The maximum absolute atomic E-state index is 14.2. The molecular weight excluding hydrogens is 461 g/mol. The summed E-state index contributed by atoms with van der Waals surface area (Å²) in [5, 5.41) is 11.9. The lowest BCUT2D eigenvalue weighted by molar-refractivity contribution is 0.293. The first-order chi connectivity index (χ1) is 17.2. The molecular formula is C26H28FN7O2. The molecule has 4 rings (SSSR count). The number of rotatable bonds is 9. The van der Waals surface area contributed by atoms with E-state index in [4.69, 9.17) is 20.6 Å². The van der Waals surface area contributed by atoms with Crippen LogP contribution < -0.4 is 20.5 Å². The summed E-state index contributed by atoms with van der Waals surface area (Å²) in [5.41, 5.74) is 8.13. The van der Waals surface area contributed by atoms with E-state index in [1.807, 2.05) is 32.4 Å². The van der Waals surface area contributed by atoms with E-state index in [-0.39, 0.29) is 29.9 Å². The molecule has 0 fully saturated rings. The lowest BCUT2D eigenvalue weighted by atomic mass is 10.0. The van der Waals surface area contributed by atoms with Crippen LogP contribution in [0, 0.1) is 18.2 Å². The van der Waals surface area contributed by atoms with E-state index >= 15 is 0 Å². The first kappa shape index (κ1) is 24.6. The number of benzene rings is 2. The van der Waals surface area contributed by atoms with Crippen molar-refractivity contribution in [2.24, 2.45) is 7.05 Å². The van der Waals surface area contributed by atoms with E-state index in [1.54, 1.807) is 36.5 Å². The molecule has 0 amide bonds. The van der Waals surface area contributed by atoms with Crippen molar-refractivity contribution in [3.8, 4) is 17.2 Å². The number of halogens is 1. The number of nitrogens with two attached hydrogens (primary N) is 1. The summed E-state index contributed by atoms with van der Waals surface area (Å²) in [6.07, 6.45) is 3.09. The Kier molecular flexibility index (Phi) is 7.14. The molecule has 4 aromatic rings. The Morgan fingerprint density at radius 2 is 1.81 bits per heavy atom. The average molecular weight is 490 g/mol. The number of anilines is 2. The van der Waals surface area contributed by atoms with Gasteiger partial charge in [0.05, 0.1) is 23.2 Å². The fourth-order valence-electron chi connectivity index (χ4n) is 3.52. The number of nitrogens with zero attached hydrogens (tertiary/aromatic N) is 4. The highest BCUT2D eigenvalue weighted by atomic mass is 19.1. The summed E-state index contributed by atoms with van der Waals surface area (Å²) >= 11 is 0. The molecule has 0 saturated heterocycles. The lowest BCUT2D eigenvalue weighted by Gasteiger charge is -2.15. The SMILES string of the molecule is Cc1ncc(COc2cc(F)cc(Oc3ccc(C(=N)c4c(N)ncnc4NC(C)C)cc3)c2)n1C. The fraction of sp³-hybridized carbons (Fsp3) is 0.231. The Morgan fingerprint density at radius 1 is 1.08 bits per heavy atom. The molecule has 10 heteroatoms. The van der Waals surface area contributed by atoms with E-state index in [0.29, 0.717) is 28.4 Å². The fourth-order valence-corrected chi connectivity index (χ4v) is 3.52. The van der Waals surface area contributed by atoms with E-state index in [0.717, 1.165) is 11.5 Å². The zero-order valence-corrected chi connectivity index (χ0v) is 20.5. The summed E-state index contributed by atoms with van der Waals surface area (Å²) < 4.78 is 27.7. The molecule has 0 aliphatic carbocycles. The van der Waals surface area contributed by atoms with Gasteiger partial charge in [-0.1, -0.05) is 0 Å². The summed E-state index contributed by atoms with van der Waals surface area (Å²) in [4.78, 5) is 12.5. The van der Waals surface area contributed by atoms with Crippen molar-refractivity contribution in [2.75, 3.05) is 11.1 Å². The smallest absolute Gasteiger partial charge is 0.141 e. The van der Waals surface area contributed by atoms with Crippen molar-refractivity contribution in [3.05, 3.63) is 83.5 Å². The molecule has 0 aliphatic rings. The number of nitrogens with one attached hydrogen (secondary N) is 2. The summed E-state index contributed by atoms with van der Waals surface area (Å²) in [5.74, 6) is 2.20. The van der Waals surface area contributed by atoms with Crippen LogP contribution in [0.25, 0.3) is 0 Å². The van der Waals surface area contributed by atoms with Gasteiger partial charge in [0, 0.05) is 36.9 Å². The van der Waals surface area contributed by atoms with E-state index < -0.39 is 5.82 Å². The van der Waals surface area contributed by atoms with Gasteiger partial charge in [-0.3, -0.25) is 5.41 Å². The van der Waals surface area contributed by atoms with E-state index in [9.17, 15) is 4.39 Å². The van der Waals surface area contributed by atoms with Gasteiger partial charge in [-0.2, -0.15) is 0 Å². The van der Waals surface area contributed by atoms with Crippen LogP contribution in [0.15, 0.2) is 55.0 Å².